The van der Waals surface area contributed by atoms with Crippen molar-refractivity contribution in [3.8, 4) is 5.75 Å². The molecule has 1 aromatic carbocycles. The molecule has 0 N–H and O–H groups in total. The summed E-state index contributed by atoms with van der Waals surface area (Å²) in [4.78, 5) is 14.8. The number of carbonyl (C=O) groups excluding carboxylic acids is 1. The number of hydrogen-bond acceptors (Lipinski definition) is 2. The molecule has 1 heterocycles. The predicted molar refractivity (Wildman–Crippen MR) is 86.1 cm³/mol. The molecule has 0 saturated carbocycles. The maximum absolute atomic E-state index is 12.8. The van der Waals surface area contributed by atoms with Crippen molar-refractivity contribution in [2.75, 3.05) is 20.2 Å². The van der Waals surface area contributed by atoms with Crippen LogP contribution in [0.25, 0.3) is 0 Å². The number of amides is 1. The molecule has 1 aliphatic heterocycles. The van der Waals surface area contributed by atoms with E-state index >= 15 is 0 Å². The number of hydrogen-bond donors (Lipinski definition) is 0. The lowest BCUT2D eigenvalue weighted by molar-refractivity contribution is 0.0696. The Labute approximate surface area is 128 Å². The van der Waals surface area contributed by atoms with Gasteiger partial charge in [0.25, 0.3) is 5.91 Å². The van der Waals surface area contributed by atoms with E-state index in [4.69, 9.17) is 4.74 Å². The number of nitrogens with zero attached hydrogens (tertiary/aromatic N) is 1. The van der Waals surface area contributed by atoms with E-state index in [9.17, 15) is 4.79 Å². The molecule has 1 aromatic rings. The fourth-order valence-corrected chi connectivity index (χ4v) is 2.94. The van der Waals surface area contributed by atoms with Gasteiger partial charge in [-0.1, -0.05) is 20.8 Å². The molecule has 0 aromatic heterocycles. The quantitative estimate of drug-likeness (QED) is 0.841. The lowest BCUT2D eigenvalue weighted by Gasteiger charge is -2.31. The Hall–Kier alpha value is -1.51. The second-order valence-electron chi connectivity index (χ2n) is 6.54. The maximum atomic E-state index is 12.8. The van der Waals surface area contributed by atoms with Crippen LogP contribution in [0.4, 0.5) is 0 Å². The van der Waals surface area contributed by atoms with Crippen molar-refractivity contribution in [2.45, 2.75) is 46.5 Å². The molecule has 0 spiro atoms. The van der Waals surface area contributed by atoms with E-state index in [0.717, 1.165) is 54.3 Å². The molecule has 1 amide bonds. The summed E-state index contributed by atoms with van der Waals surface area (Å²) in [5.41, 5.74) is 2.94. The summed E-state index contributed by atoms with van der Waals surface area (Å²) in [6, 6.07) is 4.02. The highest BCUT2D eigenvalue weighted by molar-refractivity contribution is 5.96. The van der Waals surface area contributed by atoms with Crippen LogP contribution in [0.15, 0.2) is 12.1 Å². The fourth-order valence-electron chi connectivity index (χ4n) is 2.94. The third kappa shape index (κ3) is 3.39. The van der Waals surface area contributed by atoms with E-state index in [2.05, 4.69) is 20.8 Å². The Morgan fingerprint density at radius 3 is 2.43 bits per heavy atom. The van der Waals surface area contributed by atoms with Crippen molar-refractivity contribution >= 4 is 5.91 Å². The van der Waals surface area contributed by atoms with Crippen molar-refractivity contribution in [1.82, 2.24) is 4.90 Å². The Kier molecular flexibility index (Phi) is 4.92. The van der Waals surface area contributed by atoms with Crippen LogP contribution in [0.5, 0.6) is 5.75 Å². The number of rotatable bonds is 3. The smallest absolute Gasteiger partial charge is 0.254 e. The van der Waals surface area contributed by atoms with Gasteiger partial charge in [0.2, 0.25) is 0 Å². The van der Waals surface area contributed by atoms with Gasteiger partial charge in [0, 0.05) is 18.7 Å². The Morgan fingerprint density at radius 2 is 1.90 bits per heavy atom. The molecule has 0 radical (unpaired) electrons. The van der Waals surface area contributed by atoms with E-state index in [1.165, 1.54) is 0 Å². The van der Waals surface area contributed by atoms with Gasteiger partial charge >= 0.3 is 0 Å². The van der Waals surface area contributed by atoms with Crippen molar-refractivity contribution in [1.29, 1.82) is 0 Å². The zero-order chi connectivity index (χ0) is 15.6. The normalized spacial score (nSPS) is 16.4. The topological polar surface area (TPSA) is 29.5 Å². The van der Waals surface area contributed by atoms with Crippen LogP contribution in [0.1, 0.15) is 61.0 Å². The second kappa shape index (κ2) is 6.50. The van der Waals surface area contributed by atoms with Gasteiger partial charge in [-0.05, 0) is 54.9 Å². The number of aryl methyl sites for hydroxylation is 1. The second-order valence-corrected chi connectivity index (χ2v) is 6.54. The van der Waals surface area contributed by atoms with Gasteiger partial charge < -0.3 is 9.64 Å². The number of likely N-dealkylation sites (tertiary alicyclic amines) is 1. The molecule has 1 aliphatic rings. The average molecular weight is 289 g/mol. The summed E-state index contributed by atoms with van der Waals surface area (Å²) in [6.07, 6.45) is 2.22. The third-order valence-electron chi connectivity index (χ3n) is 4.50. The van der Waals surface area contributed by atoms with E-state index in [-0.39, 0.29) is 5.91 Å². The number of methoxy groups -OCH3 is 1. The molecular formula is C18H27NO2. The van der Waals surface area contributed by atoms with Crippen LogP contribution in [0.2, 0.25) is 0 Å². The highest BCUT2D eigenvalue weighted by atomic mass is 16.5. The van der Waals surface area contributed by atoms with Crippen LogP contribution < -0.4 is 4.74 Å². The SMILES string of the molecule is COc1cc(C)c(C(=O)N2CCC(C)CC2)cc1C(C)C. The predicted octanol–water partition coefficient (Wildman–Crippen LogP) is 4.00. The third-order valence-corrected chi connectivity index (χ3v) is 4.50. The summed E-state index contributed by atoms with van der Waals surface area (Å²) in [6.45, 7) is 10.3. The van der Waals surface area contributed by atoms with Crippen LogP contribution in [-0.2, 0) is 0 Å². The summed E-state index contributed by atoms with van der Waals surface area (Å²) in [5, 5.41) is 0. The Bertz CT molecular complexity index is 514. The zero-order valence-electron chi connectivity index (χ0n) is 13.9. The van der Waals surface area contributed by atoms with Crippen molar-refractivity contribution in [3.05, 3.63) is 28.8 Å². The number of carbonyl (C=O) groups is 1. The molecule has 1 fully saturated rings. The van der Waals surface area contributed by atoms with Crippen molar-refractivity contribution in [2.24, 2.45) is 5.92 Å². The number of piperidine rings is 1. The van der Waals surface area contributed by atoms with Crippen molar-refractivity contribution in [3.63, 3.8) is 0 Å². The molecule has 0 bridgehead atoms. The highest BCUT2D eigenvalue weighted by Gasteiger charge is 2.24. The van der Waals surface area contributed by atoms with Crippen LogP contribution >= 0.6 is 0 Å². The number of benzene rings is 1. The lowest BCUT2D eigenvalue weighted by atomic mass is 9.94. The minimum atomic E-state index is 0.170. The largest absolute Gasteiger partial charge is 0.496 e. The van der Waals surface area contributed by atoms with E-state index < -0.39 is 0 Å². The molecule has 0 aliphatic carbocycles. The summed E-state index contributed by atoms with van der Waals surface area (Å²) >= 11 is 0. The lowest BCUT2D eigenvalue weighted by Crippen LogP contribution is -2.38. The molecule has 116 valence electrons. The summed E-state index contributed by atoms with van der Waals surface area (Å²) in [5.74, 6) is 2.13. The minimum Gasteiger partial charge on any atom is -0.496 e. The molecule has 3 heteroatoms. The Balaban J connectivity index is 2.30. The maximum Gasteiger partial charge on any atom is 0.254 e. The van der Waals surface area contributed by atoms with Crippen LogP contribution in [0, 0.1) is 12.8 Å². The van der Waals surface area contributed by atoms with Gasteiger partial charge in [0.1, 0.15) is 5.75 Å². The summed E-state index contributed by atoms with van der Waals surface area (Å²) in [7, 11) is 1.69. The summed E-state index contributed by atoms with van der Waals surface area (Å²) < 4.78 is 5.46. The highest BCUT2D eigenvalue weighted by Crippen LogP contribution is 2.30. The fraction of sp³-hybridized carbons (Fsp3) is 0.611. The van der Waals surface area contributed by atoms with Crippen molar-refractivity contribution < 1.29 is 9.53 Å². The van der Waals surface area contributed by atoms with Gasteiger partial charge in [-0.25, -0.2) is 0 Å². The molecular weight excluding hydrogens is 262 g/mol. The first kappa shape index (κ1) is 15.9. The van der Waals surface area contributed by atoms with E-state index in [0.29, 0.717) is 5.92 Å². The average Bonchev–Trinajstić information content (AvgIpc) is 2.46. The standard InChI is InChI=1S/C18H27NO2/c1-12(2)15-11-16(14(4)10-17(15)21-5)18(20)19-8-6-13(3)7-9-19/h10-13H,6-9H2,1-5H3. The first-order chi connectivity index (χ1) is 9.93. The first-order valence-electron chi connectivity index (χ1n) is 7.91. The van der Waals surface area contributed by atoms with Crippen LogP contribution in [-0.4, -0.2) is 31.0 Å². The van der Waals surface area contributed by atoms with E-state index in [1.54, 1.807) is 7.11 Å². The van der Waals surface area contributed by atoms with Gasteiger partial charge in [-0.2, -0.15) is 0 Å². The molecule has 2 rings (SSSR count). The van der Waals surface area contributed by atoms with Gasteiger partial charge in [0.15, 0.2) is 0 Å². The monoisotopic (exact) mass is 289 g/mol. The molecule has 1 saturated heterocycles. The molecule has 21 heavy (non-hydrogen) atoms. The number of ether oxygens (including phenoxy) is 1. The first-order valence-corrected chi connectivity index (χ1v) is 7.91. The van der Waals surface area contributed by atoms with Crippen LogP contribution in [0.3, 0.4) is 0 Å². The van der Waals surface area contributed by atoms with Gasteiger partial charge in [-0.15, -0.1) is 0 Å². The zero-order valence-corrected chi connectivity index (χ0v) is 13.9. The van der Waals surface area contributed by atoms with Gasteiger partial charge in [0.05, 0.1) is 7.11 Å². The van der Waals surface area contributed by atoms with E-state index in [1.807, 2.05) is 24.0 Å². The molecule has 3 nitrogen and oxygen atoms in total. The van der Waals surface area contributed by atoms with Gasteiger partial charge in [-0.3, -0.25) is 4.79 Å². The minimum absolute atomic E-state index is 0.170. The molecule has 0 atom stereocenters. The Morgan fingerprint density at radius 1 is 1.29 bits per heavy atom. The molecule has 0 unspecified atom stereocenters.